The molecule has 1 aromatic rings. The number of hydrogen-bond acceptors (Lipinski definition) is 4. The molecular formula is C15H24N4O. The number of piperazine rings is 1. The predicted molar refractivity (Wildman–Crippen MR) is 82.6 cm³/mol. The van der Waals surface area contributed by atoms with Gasteiger partial charge < -0.3 is 15.8 Å². The minimum Gasteiger partial charge on any atom is -0.409 e. The quantitative estimate of drug-likeness (QED) is 0.373. The third-order valence-corrected chi connectivity index (χ3v) is 4.32. The van der Waals surface area contributed by atoms with Crippen LogP contribution in [0.15, 0.2) is 23.4 Å². The zero-order chi connectivity index (χ0) is 14.9. The fourth-order valence-electron chi connectivity index (χ4n) is 2.80. The van der Waals surface area contributed by atoms with E-state index in [1.54, 1.807) is 0 Å². The summed E-state index contributed by atoms with van der Waals surface area (Å²) < 4.78 is 0. The maximum Gasteiger partial charge on any atom is 0.170 e. The molecule has 2 rings (SSSR count). The van der Waals surface area contributed by atoms with Gasteiger partial charge in [-0.25, -0.2) is 0 Å². The first-order valence-electron chi connectivity index (χ1n) is 6.99. The maximum absolute atomic E-state index is 8.78. The summed E-state index contributed by atoms with van der Waals surface area (Å²) in [5.41, 5.74) is 8.67. The van der Waals surface area contributed by atoms with Crippen LogP contribution < -0.4 is 10.6 Å². The van der Waals surface area contributed by atoms with Crippen molar-refractivity contribution >= 4 is 11.5 Å². The van der Waals surface area contributed by atoms with Crippen LogP contribution in [0, 0.1) is 6.92 Å². The molecule has 1 saturated heterocycles. The van der Waals surface area contributed by atoms with Crippen molar-refractivity contribution in [3.05, 3.63) is 29.3 Å². The molecule has 0 amide bonds. The molecule has 0 spiro atoms. The van der Waals surface area contributed by atoms with Crippen LogP contribution >= 0.6 is 0 Å². The second kappa shape index (κ2) is 5.71. The molecule has 1 heterocycles. The van der Waals surface area contributed by atoms with Gasteiger partial charge in [-0.2, -0.15) is 0 Å². The van der Waals surface area contributed by atoms with Crippen molar-refractivity contribution in [1.29, 1.82) is 0 Å². The van der Waals surface area contributed by atoms with E-state index in [4.69, 9.17) is 10.9 Å². The van der Waals surface area contributed by atoms with Gasteiger partial charge in [0, 0.05) is 36.4 Å². The summed E-state index contributed by atoms with van der Waals surface area (Å²) in [6, 6.07) is 7.14. The van der Waals surface area contributed by atoms with Crippen molar-refractivity contribution in [1.82, 2.24) is 4.90 Å². The average molecular weight is 276 g/mol. The minimum atomic E-state index is 0.161. The van der Waals surface area contributed by atoms with E-state index in [-0.39, 0.29) is 5.84 Å². The molecule has 0 radical (unpaired) electrons. The summed E-state index contributed by atoms with van der Waals surface area (Å²) in [5, 5.41) is 11.8. The summed E-state index contributed by atoms with van der Waals surface area (Å²) >= 11 is 0. The number of nitrogens with zero attached hydrogens (tertiary/aromatic N) is 3. The van der Waals surface area contributed by atoms with Crippen LogP contribution in [-0.4, -0.2) is 48.2 Å². The molecule has 3 N–H and O–H groups in total. The van der Waals surface area contributed by atoms with Gasteiger partial charge in [-0.3, -0.25) is 4.90 Å². The molecule has 2 atom stereocenters. The second-order valence-corrected chi connectivity index (χ2v) is 5.75. The normalized spacial score (nSPS) is 25.0. The van der Waals surface area contributed by atoms with Crippen LogP contribution in [0.3, 0.4) is 0 Å². The molecule has 0 aliphatic carbocycles. The summed E-state index contributed by atoms with van der Waals surface area (Å²) in [6.45, 7) is 8.52. The fraction of sp³-hybridized carbons (Fsp3) is 0.533. The topological polar surface area (TPSA) is 65.1 Å². The number of benzene rings is 1. The predicted octanol–water partition coefficient (Wildman–Crippen LogP) is 1.62. The standard InChI is InChI=1S/C15H24N4O/c1-10-7-13(5-6-14(10)15(16)17-20)19-8-11(2)18(4)12(3)9-19/h5-7,11-12,20H,8-9H2,1-4H3,(H2,16,17). The smallest absolute Gasteiger partial charge is 0.170 e. The number of amidine groups is 1. The Morgan fingerprint density at radius 3 is 2.40 bits per heavy atom. The number of anilines is 1. The summed E-state index contributed by atoms with van der Waals surface area (Å²) in [4.78, 5) is 4.81. The number of hydrogen-bond donors (Lipinski definition) is 2. The number of rotatable bonds is 2. The van der Waals surface area contributed by atoms with Gasteiger partial charge in [0.2, 0.25) is 0 Å². The van der Waals surface area contributed by atoms with Gasteiger partial charge in [0.15, 0.2) is 5.84 Å². The largest absolute Gasteiger partial charge is 0.409 e. The lowest BCUT2D eigenvalue weighted by molar-refractivity contribution is 0.170. The van der Waals surface area contributed by atoms with Gasteiger partial charge in [-0.05, 0) is 51.6 Å². The molecule has 1 fully saturated rings. The van der Waals surface area contributed by atoms with Crippen molar-refractivity contribution < 1.29 is 5.21 Å². The van der Waals surface area contributed by atoms with E-state index in [1.165, 1.54) is 5.69 Å². The van der Waals surface area contributed by atoms with E-state index in [0.29, 0.717) is 12.1 Å². The first-order chi connectivity index (χ1) is 9.43. The molecule has 20 heavy (non-hydrogen) atoms. The van der Waals surface area contributed by atoms with Crippen LogP contribution in [0.25, 0.3) is 0 Å². The average Bonchev–Trinajstić information content (AvgIpc) is 2.43. The zero-order valence-corrected chi connectivity index (χ0v) is 12.7. The second-order valence-electron chi connectivity index (χ2n) is 5.75. The van der Waals surface area contributed by atoms with Gasteiger partial charge >= 0.3 is 0 Å². The monoisotopic (exact) mass is 276 g/mol. The van der Waals surface area contributed by atoms with Gasteiger partial charge in [-0.1, -0.05) is 5.16 Å². The molecule has 0 aromatic heterocycles. The van der Waals surface area contributed by atoms with E-state index in [9.17, 15) is 0 Å². The third kappa shape index (κ3) is 2.72. The van der Waals surface area contributed by atoms with Gasteiger partial charge in [0.1, 0.15) is 0 Å². The molecule has 1 aromatic carbocycles. The molecular weight excluding hydrogens is 252 g/mol. The summed E-state index contributed by atoms with van der Waals surface area (Å²) in [7, 11) is 2.18. The number of likely N-dealkylation sites (N-methyl/N-ethyl adjacent to an activating group) is 1. The number of oxime groups is 1. The maximum atomic E-state index is 8.78. The van der Waals surface area contributed by atoms with E-state index >= 15 is 0 Å². The highest BCUT2D eigenvalue weighted by Crippen LogP contribution is 2.24. The van der Waals surface area contributed by atoms with Crippen LogP contribution in [0.2, 0.25) is 0 Å². The van der Waals surface area contributed by atoms with Crippen molar-refractivity contribution in [2.24, 2.45) is 10.9 Å². The van der Waals surface area contributed by atoms with Gasteiger partial charge in [-0.15, -0.1) is 0 Å². The van der Waals surface area contributed by atoms with Crippen molar-refractivity contribution in [2.45, 2.75) is 32.9 Å². The molecule has 0 bridgehead atoms. The molecule has 5 nitrogen and oxygen atoms in total. The Labute approximate surface area is 120 Å². The fourth-order valence-corrected chi connectivity index (χ4v) is 2.80. The SMILES string of the molecule is Cc1cc(N2CC(C)N(C)C(C)C2)ccc1/C(N)=N/O. The number of nitrogens with two attached hydrogens (primary N) is 1. The van der Waals surface area contributed by atoms with Gasteiger partial charge in [0.05, 0.1) is 0 Å². The Kier molecular flexibility index (Phi) is 4.18. The van der Waals surface area contributed by atoms with Crippen LogP contribution in [0.4, 0.5) is 5.69 Å². The third-order valence-electron chi connectivity index (χ3n) is 4.32. The van der Waals surface area contributed by atoms with Crippen molar-refractivity contribution in [2.75, 3.05) is 25.0 Å². The Hall–Kier alpha value is -1.75. The van der Waals surface area contributed by atoms with Crippen LogP contribution in [-0.2, 0) is 0 Å². The van der Waals surface area contributed by atoms with Crippen molar-refractivity contribution in [3.8, 4) is 0 Å². The molecule has 110 valence electrons. The van der Waals surface area contributed by atoms with Crippen LogP contribution in [0.5, 0.6) is 0 Å². The van der Waals surface area contributed by atoms with Crippen molar-refractivity contribution in [3.63, 3.8) is 0 Å². The Morgan fingerprint density at radius 2 is 1.90 bits per heavy atom. The van der Waals surface area contributed by atoms with Crippen LogP contribution in [0.1, 0.15) is 25.0 Å². The highest BCUT2D eigenvalue weighted by Gasteiger charge is 2.26. The van der Waals surface area contributed by atoms with E-state index in [0.717, 1.165) is 24.2 Å². The first-order valence-corrected chi connectivity index (χ1v) is 6.99. The van der Waals surface area contributed by atoms with E-state index in [2.05, 4.69) is 41.9 Å². The Morgan fingerprint density at radius 1 is 1.30 bits per heavy atom. The molecule has 5 heteroatoms. The minimum absolute atomic E-state index is 0.161. The van der Waals surface area contributed by atoms with Gasteiger partial charge in [0.25, 0.3) is 0 Å². The molecule has 1 aliphatic rings. The highest BCUT2D eigenvalue weighted by atomic mass is 16.4. The Bertz CT molecular complexity index is 503. The zero-order valence-electron chi connectivity index (χ0n) is 12.7. The molecule has 1 aliphatic heterocycles. The Balaban J connectivity index is 2.24. The molecule has 2 unspecified atom stereocenters. The van der Waals surface area contributed by atoms with E-state index in [1.807, 2.05) is 19.1 Å². The first kappa shape index (κ1) is 14.7. The number of aryl methyl sites for hydroxylation is 1. The lowest BCUT2D eigenvalue weighted by Crippen LogP contribution is -2.55. The molecule has 0 saturated carbocycles. The summed E-state index contributed by atoms with van der Waals surface area (Å²) in [6.07, 6.45) is 0. The highest BCUT2D eigenvalue weighted by molar-refractivity contribution is 5.98. The lowest BCUT2D eigenvalue weighted by atomic mass is 10.0. The summed E-state index contributed by atoms with van der Waals surface area (Å²) in [5.74, 6) is 0.161. The lowest BCUT2D eigenvalue weighted by Gasteiger charge is -2.43. The van der Waals surface area contributed by atoms with E-state index < -0.39 is 0 Å².